The molecular formula is C44H48N8O6. The van der Waals surface area contributed by atoms with E-state index in [2.05, 4.69) is 44.6 Å². The predicted molar refractivity (Wildman–Crippen MR) is 216 cm³/mol. The van der Waals surface area contributed by atoms with Gasteiger partial charge >= 0.3 is 12.2 Å². The molecule has 0 unspecified atom stereocenters. The first-order chi connectivity index (χ1) is 27.9. The van der Waals surface area contributed by atoms with E-state index < -0.39 is 24.3 Å². The van der Waals surface area contributed by atoms with Crippen molar-refractivity contribution >= 4 is 56.8 Å². The highest BCUT2D eigenvalue weighted by Crippen LogP contribution is 2.54. The number of likely N-dealkylation sites (tertiary alicyclic amines) is 2. The monoisotopic (exact) mass is 784 g/mol. The second-order valence-corrected chi connectivity index (χ2v) is 17.0. The number of amides is 4. The van der Waals surface area contributed by atoms with Crippen molar-refractivity contribution in [3.8, 4) is 11.8 Å². The molecular weight excluding hydrogens is 737 g/mol. The number of nitrogens with zero attached hydrogens (tertiary/aromatic N) is 4. The largest absolute Gasteiger partial charge is 0.453 e. The number of ether oxygens (including phenoxy) is 2. The maximum atomic E-state index is 13.9. The third-order valence-corrected chi connectivity index (χ3v) is 12.5. The highest BCUT2D eigenvalue weighted by Gasteiger charge is 2.57. The summed E-state index contributed by atoms with van der Waals surface area (Å²) in [6.45, 7) is 7.67. The minimum absolute atomic E-state index is 0.106. The summed E-state index contributed by atoms with van der Waals surface area (Å²) in [7, 11) is 2.60. The molecule has 58 heavy (non-hydrogen) atoms. The summed E-state index contributed by atoms with van der Waals surface area (Å²) < 4.78 is 9.61. The van der Waals surface area contributed by atoms with Gasteiger partial charge in [0.25, 0.3) is 0 Å². The number of benzene rings is 3. The number of imidazole rings is 2. The zero-order valence-corrected chi connectivity index (χ0v) is 33.5. The van der Waals surface area contributed by atoms with Gasteiger partial charge in [-0.05, 0) is 91.1 Å². The Morgan fingerprint density at radius 3 is 1.79 bits per heavy atom. The van der Waals surface area contributed by atoms with E-state index in [9.17, 15) is 19.2 Å². The number of piperidine rings is 2. The maximum Gasteiger partial charge on any atom is 0.407 e. The van der Waals surface area contributed by atoms with Gasteiger partial charge in [0.15, 0.2) is 0 Å². The van der Waals surface area contributed by atoms with Crippen LogP contribution in [-0.4, -0.2) is 92.1 Å². The summed E-state index contributed by atoms with van der Waals surface area (Å²) in [5, 5.41) is 7.48. The van der Waals surface area contributed by atoms with Crippen molar-refractivity contribution in [3.63, 3.8) is 0 Å². The summed E-state index contributed by atoms with van der Waals surface area (Å²) in [4.78, 5) is 72.7. The number of aromatic amines is 2. The standard InChI is InChI=1S/C44H48N8O6/c1-21(2)36(49-43(55)57-5)41(53)51-32-17-26(32)19-34(51)39-45-29-13-10-24(16-31(29)47-39)8-7-23-9-12-28-25(15-23)11-14-30-38(28)48-40(46-30)35-20-27-18-33(27)52(35)42(54)37(22(3)4)50-44(56)58-6/h9-16,21-22,26-27,32-37H,17-20H2,1-6H3,(H,45,47)(H,46,48)(H,49,55)(H,50,56)/t26-,27-,32-,33-,34+,35+,36-,37+/m1/s1. The van der Waals surface area contributed by atoms with Gasteiger partial charge in [-0.15, -0.1) is 0 Å². The number of carbonyl (C=O) groups excluding carboxylic acids is 4. The summed E-state index contributed by atoms with van der Waals surface area (Å²) in [5.74, 6) is 8.57. The first-order valence-electron chi connectivity index (χ1n) is 20.2. The zero-order chi connectivity index (χ0) is 40.6. The van der Waals surface area contributed by atoms with Crippen LogP contribution in [0, 0.1) is 35.5 Å². The van der Waals surface area contributed by atoms with Crippen molar-refractivity contribution in [2.24, 2.45) is 23.7 Å². The zero-order valence-electron chi connectivity index (χ0n) is 33.5. The molecule has 4 fully saturated rings. The van der Waals surface area contributed by atoms with Gasteiger partial charge in [-0.1, -0.05) is 51.7 Å². The van der Waals surface area contributed by atoms with Crippen molar-refractivity contribution in [2.75, 3.05) is 14.2 Å². The number of nitrogens with one attached hydrogen (secondary N) is 4. The molecule has 2 aliphatic heterocycles. The van der Waals surface area contributed by atoms with Gasteiger partial charge in [0.2, 0.25) is 11.8 Å². The van der Waals surface area contributed by atoms with Crippen molar-refractivity contribution < 1.29 is 28.7 Å². The lowest BCUT2D eigenvalue weighted by molar-refractivity contribution is -0.137. The van der Waals surface area contributed by atoms with Gasteiger partial charge in [0.1, 0.15) is 23.7 Å². The molecule has 4 amide bonds. The number of carbonyl (C=O) groups is 4. The second kappa shape index (κ2) is 14.4. The fourth-order valence-electron chi connectivity index (χ4n) is 9.22. The molecule has 2 aromatic heterocycles. The average Bonchev–Trinajstić information content (AvgIpc) is 3.87. The molecule has 300 valence electrons. The molecule has 5 aromatic rings. The van der Waals surface area contributed by atoms with Crippen LogP contribution >= 0.6 is 0 Å². The highest BCUT2D eigenvalue weighted by atomic mass is 16.5. The molecule has 0 spiro atoms. The van der Waals surface area contributed by atoms with Gasteiger partial charge < -0.3 is 39.9 Å². The Kier molecular flexibility index (Phi) is 9.29. The Balaban J connectivity index is 0.934. The normalized spacial score (nSPS) is 24.0. The quantitative estimate of drug-likeness (QED) is 0.137. The summed E-state index contributed by atoms with van der Waals surface area (Å²) in [6.07, 6.45) is 2.36. The Hall–Kier alpha value is -6.10. The second-order valence-electron chi connectivity index (χ2n) is 17.0. The van der Waals surface area contributed by atoms with Crippen LogP contribution in [0.2, 0.25) is 0 Å². The number of fused-ring (bicyclic) bond motifs is 6. The maximum absolute atomic E-state index is 13.9. The molecule has 2 aliphatic carbocycles. The lowest BCUT2D eigenvalue weighted by atomic mass is 10.0. The van der Waals surface area contributed by atoms with Crippen molar-refractivity contribution in [3.05, 3.63) is 71.3 Å². The van der Waals surface area contributed by atoms with Gasteiger partial charge in [0, 0.05) is 28.6 Å². The molecule has 8 atom stereocenters. The minimum atomic E-state index is -0.689. The fourth-order valence-corrected chi connectivity index (χ4v) is 9.22. The Morgan fingerprint density at radius 2 is 1.22 bits per heavy atom. The number of alkyl carbamates (subject to hydrolysis) is 2. The van der Waals surface area contributed by atoms with Crippen molar-refractivity contribution in [2.45, 2.75) is 89.6 Å². The average molecular weight is 785 g/mol. The van der Waals surface area contributed by atoms with E-state index in [1.165, 1.54) is 14.2 Å². The Labute approximate surface area is 335 Å². The summed E-state index contributed by atoms with van der Waals surface area (Å²) in [5.41, 5.74) is 5.07. The van der Waals surface area contributed by atoms with Crippen LogP contribution in [0.25, 0.3) is 32.8 Å². The molecule has 4 aliphatic rings. The molecule has 3 aromatic carbocycles. The van der Waals surface area contributed by atoms with Crippen LogP contribution in [-0.2, 0) is 19.1 Å². The van der Waals surface area contributed by atoms with Crippen LogP contribution in [0.4, 0.5) is 9.59 Å². The van der Waals surface area contributed by atoms with E-state index >= 15 is 0 Å². The van der Waals surface area contributed by atoms with E-state index in [0.29, 0.717) is 11.8 Å². The molecule has 2 saturated carbocycles. The van der Waals surface area contributed by atoms with Crippen molar-refractivity contribution in [1.29, 1.82) is 0 Å². The van der Waals surface area contributed by atoms with Gasteiger partial charge in [0.05, 0.1) is 48.4 Å². The first kappa shape index (κ1) is 37.5. The smallest absolute Gasteiger partial charge is 0.407 e. The number of hydrogen-bond acceptors (Lipinski definition) is 8. The van der Waals surface area contributed by atoms with Gasteiger partial charge in [-0.3, -0.25) is 9.59 Å². The van der Waals surface area contributed by atoms with Gasteiger partial charge in [-0.25, -0.2) is 19.6 Å². The molecule has 4 N–H and O–H groups in total. The summed E-state index contributed by atoms with van der Waals surface area (Å²) >= 11 is 0. The van der Waals surface area contributed by atoms with E-state index in [1.54, 1.807) is 0 Å². The Bertz CT molecular complexity index is 2550. The lowest BCUT2D eigenvalue weighted by Gasteiger charge is -2.31. The molecule has 2 saturated heterocycles. The van der Waals surface area contributed by atoms with Crippen molar-refractivity contribution in [1.82, 2.24) is 40.4 Å². The molecule has 4 heterocycles. The lowest BCUT2D eigenvalue weighted by Crippen LogP contribution is -2.52. The molecule has 14 heteroatoms. The minimum Gasteiger partial charge on any atom is -0.453 e. The van der Waals surface area contributed by atoms with Gasteiger partial charge in [-0.2, -0.15) is 0 Å². The molecule has 0 radical (unpaired) electrons. The number of aromatic nitrogens is 4. The number of methoxy groups -OCH3 is 2. The number of H-pyrrole nitrogens is 2. The SMILES string of the molecule is COC(=O)N[C@H](C(=O)N1[C@@H]2C[C@@H]2C[C@H]1c1nc2c(ccc3cc(C#Cc4ccc5nc([C@@H]6C[C@H]7C[C@H]7N6C(=O)[C@H](NC(=O)OC)C(C)C)[nH]c5c4)ccc32)[nH]1)C(C)C. The van der Waals surface area contributed by atoms with E-state index in [1.807, 2.05) is 73.9 Å². The van der Waals surface area contributed by atoms with Crippen LogP contribution in [0.15, 0.2) is 48.5 Å². The summed E-state index contributed by atoms with van der Waals surface area (Å²) in [6, 6.07) is 14.6. The van der Waals surface area contributed by atoms with E-state index in [4.69, 9.17) is 19.4 Å². The molecule has 14 nitrogen and oxygen atoms in total. The first-order valence-corrected chi connectivity index (χ1v) is 20.2. The topological polar surface area (TPSA) is 175 Å². The fraction of sp³-hybridized carbons (Fsp3) is 0.455. The van der Waals surface area contributed by atoms with E-state index in [0.717, 1.165) is 81.3 Å². The molecule has 9 rings (SSSR count). The predicted octanol–water partition coefficient (Wildman–Crippen LogP) is 6.08. The van der Waals surface area contributed by atoms with Crippen LogP contribution < -0.4 is 10.6 Å². The van der Waals surface area contributed by atoms with Crippen LogP contribution in [0.3, 0.4) is 0 Å². The number of hydrogen-bond donors (Lipinski definition) is 4. The Morgan fingerprint density at radius 1 is 0.690 bits per heavy atom. The van der Waals surface area contributed by atoms with Crippen LogP contribution in [0.5, 0.6) is 0 Å². The van der Waals surface area contributed by atoms with Crippen LogP contribution in [0.1, 0.15) is 88.2 Å². The number of rotatable bonds is 8. The third-order valence-electron chi connectivity index (χ3n) is 12.5. The third kappa shape index (κ3) is 6.66. The van der Waals surface area contributed by atoms with E-state index in [-0.39, 0.29) is 47.8 Å². The highest BCUT2D eigenvalue weighted by molar-refractivity contribution is 6.04. The molecule has 0 bridgehead atoms.